The van der Waals surface area contributed by atoms with Crippen molar-refractivity contribution in [2.24, 2.45) is 0 Å². The summed E-state index contributed by atoms with van der Waals surface area (Å²) in [7, 11) is 0. The number of rotatable bonds is 8. The van der Waals surface area contributed by atoms with Crippen LogP contribution in [0.1, 0.15) is 28.9 Å². The van der Waals surface area contributed by atoms with Crippen molar-refractivity contribution >= 4 is 52.5 Å². The maximum atomic E-state index is 13.5. The molecule has 14 nitrogen and oxygen atoms in total. The van der Waals surface area contributed by atoms with Gasteiger partial charge in [-0.1, -0.05) is 12.1 Å². The lowest BCUT2D eigenvalue weighted by molar-refractivity contribution is -0.151. The first kappa shape index (κ1) is 28.4. The fraction of sp³-hybridized carbons (Fsp3) is 0.222. The molecule has 5 N–H and O–H groups in total. The molecule has 4 heterocycles. The van der Waals surface area contributed by atoms with Gasteiger partial charge in [-0.15, -0.1) is 11.8 Å². The predicted octanol–water partition coefficient (Wildman–Crippen LogP) is 0.402. The Morgan fingerprint density at radius 2 is 1.93 bits per heavy atom. The number of aromatic amines is 1. The van der Waals surface area contributed by atoms with Crippen LogP contribution in [0.5, 0.6) is 5.75 Å². The SMILES string of the molecule is CC(=O)OCC1=C(C(=O)O)N2C(=O)C(NC(=O)[C@H](NC(=O)c3c[nH]c4cccnc4c3=O)c3ccc(O)cc3)[C@H]2SC1. The number of aromatic nitrogens is 2. The van der Waals surface area contributed by atoms with Crippen molar-refractivity contribution in [3.8, 4) is 5.75 Å². The molecule has 0 aliphatic carbocycles. The zero-order chi connectivity index (χ0) is 30.1. The number of carboxylic acids is 1. The lowest BCUT2D eigenvalue weighted by atomic mass is 10.0. The maximum Gasteiger partial charge on any atom is 0.352 e. The molecule has 2 aliphatic rings. The summed E-state index contributed by atoms with van der Waals surface area (Å²) in [5.74, 6) is -4.36. The van der Waals surface area contributed by atoms with Gasteiger partial charge >= 0.3 is 11.9 Å². The summed E-state index contributed by atoms with van der Waals surface area (Å²) in [5.41, 5.74) is -0.361. The first-order valence-corrected chi connectivity index (χ1v) is 13.5. The van der Waals surface area contributed by atoms with Crippen molar-refractivity contribution < 1.29 is 38.9 Å². The summed E-state index contributed by atoms with van der Waals surface area (Å²) in [4.78, 5) is 83.8. The number of ether oxygens (including phenoxy) is 1. The number of phenols is 1. The van der Waals surface area contributed by atoms with Gasteiger partial charge in [0.2, 0.25) is 11.3 Å². The van der Waals surface area contributed by atoms with Gasteiger partial charge in [-0.2, -0.15) is 0 Å². The van der Waals surface area contributed by atoms with E-state index in [4.69, 9.17) is 4.74 Å². The maximum absolute atomic E-state index is 13.5. The summed E-state index contributed by atoms with van der Waals surface area (Å²) < 4.78 is 4.92. The highest BCUT2D eigenvalue weighted by Gasteiger charge is 2.54. The van der Waals surface area contributed by atoms with Crippen LogP contribution in [0.3, 0.4) is 0 Å². The Bertz CT molecular complexity index is 1720. The van der Waals surface area contributed by atoms with Crippen molar-refractivity contribution in [1.82, 2.24) is 25.5 Å². The highest BCUT2D eigenvalue weighted by atomic mass is 32.2. The third-order valence-corrected chi connectivity index (χ3v) is 7.98. The van der Waals surface area contributed by atoms with Crippen molar-refractivity contribution in [2.75, 3.05) is 12.4 Å². The number of nitrogens with one attached hydrogen (secondary N) is 3. The largest absolute Gasteiger partial charge is 0.508 e. The Kier molecular flexibility index (Phi) is 7.67. The standard InChI is InChI=1S/C27H23N5O9S/c1-12(33)41-10-14-11-42-26-20(25(38)32(26)21(14)27(39)40)31-24(37)18(13-4-6-15(34)7-5-13)30-23(36)16-9-29-17-3-2-8-28-19(17)22(16)35/h2-9,18,20,26,34H,10-11H2,1H3,(H,29,35)(H,30,36)(H,31,37)(H,39,40)/t18-,20?,26-/m1/s1. The molecule has 0 bridgehead atoms. The molecular weight excluding hydrogens is 570 g/mol. The molecule has 2 aliphatic heterocycles. The quantitative estimate of drug-likeness (QED) is 0.178. The molecule has 3 aromatic rings. The number of phenolic OH excluding ortho intramolecular Hbond substituents is 1. The molecule has 3 amide bonds. The zero-order valence-electron chi connectivity index (χ0n) is 21.8. The molecule has 2 aromatic heterocycles. The highest BCUT2D eigenvalue weighted by Crippen LogP contribution is 2.40. The molecule has 0 radical (unpaired) electrons. The summed E-state index contributed by atoms with van der Waals surface area (Å²) >= 11 is 1.18. The van der Waals surface area contributed by atoms with Gasteiger partial charge in [-0.25, -0.2) is 4.79 Å². The average molecular weight is 594 g/mol. The monoisotopic (exact) mass is 593 g/mol. The van der Waals surface area contributed by atoms with Gasteiger partial charge in [-0.05, 0) is 29.8 Å². The Hall–Kier alpha value is -5.18. The second-order valence-corrected chi connectivity index (χ2v) is 10.5. The van der Waals surface area contributed by atoms with Gasteiger partial charge < -0.3 is 30.6 Å². The number of H-pyrrole nitrogens is 1. The summed E-state index contributed by atoms with van der Waals surface area (Å²) in [6, 6.07) is 6.09. The molecule has 42 heavy (non-hydrogen) atoms. The average Bonchev–Trinajstić information content (AvgIpc) is 2.97. The van der Waals surface area contributed by atoms with E-state index >= 15 is 0 Å². The van der Waals surface area contributed by atoms with E-state index in [-0.39, 0.29) is 46.0 Å². The molecule has 1 saturated heterocycles. The molecular formula is C27H23N5O9S. The molecule has 3 atom stereocenters. The van der Waals surface area contributed by atoms with Crippen LogP contribution in [0, 0.1) is 0 Å². The van der Waals surface area contributed by atoms with E-state index in [1.54, 1.807) is 12.1 Å². The summed E-state index contributed by atoms with van der Waals surface area (Å²) in [6.07, 6.45) is 2.60. The fourth-order valence-corrected chi connectivity index (χ4v) is 5.94. The molecule has 0 spiro atoms. The highest BCUT2D eigenvalue weighted by molar-refractivity contribution is 8.00. The Morgan fingerprint density at radius 1 is 1.19 bits per heavy atom. The first-order chi connectivity index (χ1) is 20.1. The summed E-state index contributed by atoms with van der Waals surface area (Å²) in [5, 5.41) is 23.8. The minimum absolute atomic E-state index is 0.0284. The Balaban J connectivity index is 1.39. The van der Waals surface area contributed by atoms with Crippen LogP contribution in [0.15, 0.2) is 64.9 Å². The number of aromatic hydroxyl groups is 1. The smallest absolute Gasteiger partial charge is 0.352 e. The third-order valence-electron chi connectivity index (χ3n) is 6.65. The number of hydrogen-bond donors (Lipinski definition) is 5. The molecule has 216 valence electrons. The third kappa shape index (κ3) is 5.28. The van der Waals surface area contributed by atoms with E-state index in [2.05, 4.69) is 20.6 Å². The van der Waals surface area contributed by atoms with E-state index in [0.717, 1.165) is 4.90 Å². The Labute approximate surface area is 240 Å². The van der Waals surface area contributed by atoms with Crippen LogP contribution in [-0.2, 0) is 23.9 Å². The first-order valence-electron chi connectivity index (χ1n) is 12.5. The number of benzene rings is 1. The van der Waals surface area contributed by atoms with Crippen molar-refractivity contribution in [3.63, 3.8) is 0 Å². The number of amides is 3. The predicted molar refractivity (Wildman–Crippen MR) is 147 cm³/mol. The number of thioether (sulfide) groups is 1. The normalized spacial score (nSPS) is 18.5. The molecule has 1 fully saturated rings. The number of carbonyl (C=O) groups is 5. The molecule has 5 rings (SSSR count). The number of pyridine rings is 2. The van der Waals surface area contributed by atoms with Gasteiger partial charge in [0.1, 0.15) is 46.6 Å². The second-order valence-electron chi connectivity index (χ2n) is 9.36. The van der Waals surface area contributed by atoms with Crippen LogP contribution >= 0.6 is 11.8 Å². The number of aliphatic carboxylic acids is 1. The van der Waals surface area contributed by atoms with Crippen LogP contribution in [-0.4, -0.2) is 78.5 Å². The second kappa shape index (κ2) is 11.4. The Morgan fingerprint density at radius 3 is 2.62 bits per heavy atom. The van der Waals surface area contributed by atoms with E-state index in [9.17, 15) is 39.0 Å². The fourth-order valence-electron chi connectivity index (χ4n) is 4.61. The van der Waals surface area contributed by atoms with Crippen molar-refractivity contribution in [2.45, 2.75) is 24.4 Å². The number of esters is 1. The minimum atomic E-state index is -1.40. The van der Waals surface area contributed by atoms with Gasteiger partial charge in [0.05, 0.1) is 5.52 Å². The number of fused-ring (bicyclic) bond motifs is 2. The number of β-lactam (4-membered cyclic amide) rings is 1. The molecule has 1 aromatic carbocycles. The zero-order valence-corrected chi connectivity index (χ0v) is 22.6. The van der Waals surface area contributed by atoms with Gasteiger partial charge in [0.15, 0.2) is 0 Å². The molecule has 15 heteroatoms. The number of carbonyl (C=O) groups excluding carboxylic acids is 4. The van der Waals surface area contributed by atoms with E-state index in [1.807, 2.05) is 0 Å². The topological polar surface area (TPSA) is 208 Å². The lowest BCUT2D eigenvalue weighted by Gasteiger charge is -2.49. The minimum Gasteiger partial charge on any atom is -0.508 e. The van der Waals surface area contributed by atoms with Crippen LogP contribution in [0.4, 0.5) is 0 Å². The van der Waals surface area contributed by atoms with E-state index in [1.165, 1.54) is 55.3 Å². The number of carboxylic acid groups (broad SMARTS) is 1. The molecule has 1 unspecified atom stereocenters. The van der Waals surface area contributed by atoms with E-state index in [0.29, 0.717) is 5.52 Å². The van der Waals surface area contributed by atoms with Crippen molar-refractivity contribution in [3.05, 3.63) is 81.4 Å². The van der Waals surface area contributed by atoms with Crippen LogP contribution in [0.25, 0.3) is 11.0 Å². The lowest BCUT2D eigenvalue weighted by Crippen LogP contribution is -2.71. The number of nitrogens with zero attached hydrogens (tertiary/aromatic N) is 2. The van der Waals surface area contributed by atoms with Gasteiger partial charge in [0.25, 0.3) is 11.8 Å². The van der Waals surface area contributed by atoms with Crippen LogP contribution in [0.2, 0.25) is 0 Å². The van der Waals surface area contributed by atoms with Gasteiger partial charge in [-0.3, -0.25) is 33.9 Å². The van der Waals surface area contributed by atoms with E-state index < -0.39 is 52.5 Å². The van der Waals surface area contributed by atoms with Gasteiger partial charge in [0, 0.05) is 30.6 Å². The summed E-state index contributed by atoms with van der Waals surface area (Å²) in [6.45, 7) is 0.881. The van der Waals surface area contributed by atoms with Crippen molar-refractivity contribution in [1.29, 1.82) is 0 Å². The number of hydrogen-bond acceptors (Lipinski definition) is 10. The molecule has 0 saturated carbocycles. The van der Waals surface area contributed by atoms with Crippen LogP contribution < -0.4 is 16.1 Å².